The quantitative estimate of drug-likeness (QED) is 0.490. The molecule has 0 aliphatic rings. The van der Waals surface area contributed by atoms with Gasteiger partial charge in [0, 0.05) is 30.2 Å². The number of ether oxygens (including phenoxy) is 2. The Bertz CT molecular complexity index is 1180. The molecule has 0 aliphatic heterocycles. The molecule has 0 atom stereocenters. The van der Waals surface area contributed by atoms with Gasteiger partial charge in [0.15, 0.2) is 11.5 Å². The van der Waals surface area contributed by atoms with E-state index in [1.807, 2.05) is 42.5 Å². The molecule has 0 unspecified atom stereocenters. The van der Waals surface area contributed by atoms with Crippen LogP contribution >= 0.6 is 0 Å². The normalized spacial score (nSPS) is 10.7. The van der Waals surface area contributed by atoms with Crippen molar-refractivity contribution in [2.45, 2.75) is 12.8 Å². The maximum Gasteiger partial charge on any atom is 0.227 e. The summed E-state index contributed by atoms with van der Waals surface area (Å²) in [6, 6.07) is 19.2. The van der Waals surface area contributed by atoms with E-state index in [2.05, 4.69) is 15.5 Å². The van der Waals surface area contributed by atoms with E-state index in [4.69, 9.17) is 14.0 Å². The number of nitrogens with zero attached hydrogens (tertiary/aromatic N) is 2. The summed E-state index contributed by atoms with van der Waals surface area (Å²) >= 11 is 0. The van der Waals surface area contributed by atoms with Crippen LogP contribution in [0.3, 0.4) is 0 Å². The molecule has 152 valence electrons. The lowest BCUT2D eigenvalue weighted by Gasteiger charge is -2.10. The van der Waals surface area contributed by atoms with Gasteiger partial charge >= 0.3 is 0 Å². The summed E-state index contributed by atoms with van der Waals surface area (Å²) in [5.41, 5.74) is 1.53. The first-order chi connectivity index (χ1) is 14.7. The van der Waals surface area contributed by atoms with Crippen LogP contribution in [0.5, 0.6) is 11.5 Å². The predicted molar refractivity (Wildman–Crippen MR) is 114 cm³/mol. The van der Waals surface area contributed by atoms with E-state index >= 15 is 0 Å². The van der Waals surface area contributed by atoms with E-state index in [1.54, 1.807) is 32.4 Å². The molecule has 7 heteroatoms. The van der Waals surface area contributed by atoms with Gasteiger partial charge in [0.05, 0.1) is 14.2 Å². The van der Waals surface area contributed by atoms with Crippen LogP contribution < -0.4 is 14.8 Å². The SMILES string of the molecule is COc1ccc(NC(=O)CCc2nc(-c3cccc4ccccc34)no2)cc1OC. The van der Waals surface area contributed by atoms with Crippen LogP contribution in [0.2, 0.25) is 0 Å². The third kappa shape index (κ3) is 4.10. The van der Waals surface area contributed by atoms with Crippen LogP contribution in [0, 0.1) is 0 Å². The van der Waals surface area contributed by atoms with Crippen molar-refractivity contribution in [2.75, 3.05) is 19.5 Å². The largest absolute Gasteiger partial charge is 0.493 e. The minimum atomic E-state index is -0.160. The molecule has 1 aromatic heterocycles. The Kier molecular flexibility index (Phi) is 5.61. The molecule has 0 bridgehead atoms. The molecule has 30 heavy (non-hydrogen) atoms. The van der Waals surface area contributed by atoms with Crippen LogP contribution in [-0.2, 0) is 11.2 Å². The summed E-state index contributed by atoms with van der Waals surface area (Å²) in [6.07, 6.45) is 0.558. The van der Waals surface area contributed by atoms with Crippen LogP contribution in [0.4, 0.5) is 5.69 Å². The molecule has 1 amide bonds. The summed E-state index contributed by atoms with van der Waals surface area (Å²) in [6.45, 7) is 0. The number of rotatable bonds is 7. The van der Waals surface area contributed by atoms with Gasteiger partial charge in [-0.2, -0.15) is 4.98 Å². The van der Waals surface area contributed by atoms with Crippen molar-refractivity contribution >= 4 is 22.4 Å². The lowest BCUT2D eigenvalue weighted by atomic mass is 10.0. The van der Waals surface area contributed by atoms with Gasteiger partial charge in [-0.25, -0.2) is 0 Å². The highest BCUT2D eigenvalue weighted by Gasteiger charge is 2.13. The van der Waals surface area contributed by atoms with Crippen molar-refractivity contribution < 1.29 is 18.8 Å². The Balaban J connectivity index is 1.41. The summed E-state index contributed by atoms with van der Waals surface area (Å²) in [4.78, 5) is 16.8. The van der Waals surface area contributed by atoms with E-state index in [0.29, 0.717) is 35.3 Å². The number of aryl methyl sites for hydroxylation is 1. The maximum absolute atomic E-state index is 12.3. The van der Waals surface area contributed by atoms with Crippen LogP contribution in [0.1, 0.15) is 12.3 Å². The van der Waals surface area contributed by atoms with E-state index in [1.165, 1.54) is 0 Å². The Labute approximate surface area is 173 Å². The summed E-state index contributed by atoms with van der Waals surface area (Å²) in [7, 11) is 3.11. The highest BCUT2D eigenvalue weighted by molar-refractivity contribution is 5.95. The Morgan fingerprint density at radius 1 is 1.00 bits per heavy atom. The number of amides is 1. The second-order valence-electron chi connectivity index (χ2n) is 6.66. The monoisotopic (exact) mass is 403 g/mol. The van der Waals surface area contributed by atoms with E-state index in [0.717, 1.165) is 16.3 Å². The average molecular weight is 403 g/mol. The zero-order chi connectivity index (χ0) is 20.9. The van der Waals surface area contributed by atoms with Gasteiger partial charge in [0.25, 0.3) is 0 Å². The maximum atomic E-state index is 12.3. The molecule has 0 aliphatic carbocycles. The highest BCUT2D eigenvalue weighted by atomic mass is 16.5. The first-order valence-corrected chi connectivity index (χ1v) is 9.50. The smallest absolute Gasteiger partial charge is 0.227 e. The summed E-state index contributed by atoms with van der Waals surface area (Å²) < 4.78 is 15.8. The topological polar surface area (TPSA) is 86.5 Å². The number of methoxy groups -OCH3 is 2. The van der Waals surface area contributed by atoms with Gasteiger partial charge in [-0.05, 0) is 22.9 Å². The zero-order valence-electron chi connectivity index (χ0n) is 16.7. The summed E-state index contributed by atoms with van der Waals surface area (Å²) in [5.74, 6) is 1.92. The fraction of sp³-hybridized carbons (Fsp3) is 0.174. The standard InChI is InChI=1S/C23H21N3O4/c1-28-19-11-10-16(14-20(19)29-2)24-21(27)12-13-22-25-23(26-30-22)18-9-5-7-15-6-3-4-8-17(15)18/h3-11,14H,12-13H2,1-2H3,(H,24,27). The highest BCUT2D eigenvalue weighted by Crippen LogP contribution is 2.30. The number of carbonyl (C=O) groups is 1. The van der Waals surface area contributed by atoms with Crippen LogP contribution in [-0.4, -0.2) is 30.3 Å². The molecule has 0 saturated carbocycles. The molecule has 7 nitrogen and oxygen atoms in total. The van der Waals surface area contributed by atoms with Crippen molar-refractivity contribution in [3.05, 3.63) is 66.6 Å². The minimum Gasteiger partial charge on any atom is -0.493 e. The fourth-order valence-corrected chi connectivity index (χ4v) is 3.24. The lowest BCUT2D eigenvalue weighted by Crippen LogP contribution is -2.12. The molecule has 0 radical (unpaired) electrons. The van der Waals surface area contributed by atoms with E-state index in [9.17, 15) is 4.79 Å². The Morgan fingerprint density at radius 2 is 1.80 bits per heavy atom. The van der Waals surface area contributed by atoms with Gasteiger partial charge in [-0.3, -0.25) is 4.79 Å². The number of benzene rings is 3. The number of hydrogen-bond donors (Lipinski definition) is 1. The minimum absolute atomic E-state index is 0.160. The number of fused-ring (bicyclic) bond motifs is 1. The number of carbonyl (C=O) groups excluding carboxylic acids is 1. The summed E-state index contributed by atoms with van der Waals surface area (Å²) in [5, 5.41) is 9.09. The van der Waals surface area contributed by atoms with Crippen molar-refractivity contribution in [3.8, 4) is 22.9 Å². The third-order valence-corrected chi connectivity index (χ3v) is 4.73. The van der Waals surface area contributed by atoms with Gasteiger partial charge in [0.2, 0.25) is 17.6 Å². The Hall–Kier alpha value is -3.87. The predicted octanol–water partition coefficient (Wildman–Crippen LogP) is 4.48. The third-order valence-electron chi connectivity index (χ3n) is 4.73. The molecular weight excluding hydrogens is 382 g/mol. The van der Waals surface area contributed by atoms with Gasteiger partial charge in [-0.1, -0.05) is 47.6 Å². The van der Waals surface area contributed by atoms with Crippen LogP contribution in [0.25, 0.3) is 22.2 Å². The zero-order valence-corrected chi connectivity index (χ0v) is 16.7. The molecule has 0 saturated heterocycles. The van der Waals surface area contributed by atoms with E-state index in [-0.39, 0.29) is 12.3 Å². The van der Waals surface area contributed by atoms with Gasteiger partial charge in [-0.15, -0.1) is 0 Å². The van der Waals surface area contributed by atoms with Crippen molar-refractivity contribution in [1.82, 2.24) is 10.1 Å². The van der Waals surface area contributed by atoms with Crippen LogP contribution in [0.15, 0.2) is 65.2 Å². The van der Waals surface area contributed by atoms with Crippen molar-refractivity contribution in [2.24, 2.45) is 0 Å². The molecule has 0 spiro atoms. The number of nitrogens with one attached hydrogen (secondary N) is 1. The number of anilines is 1. The molecule has 4 rings (SSSR count). The van der Waals surface area contributed by atoms with Crippen molar-refractivity contribution in [3.63, 3.8) is 0 Å². The molecule has 3 aromatic carbocycles. The molecule has 1 N–H and O–H groups in total. The number of hydrogen-bond acceptors (Lipinski definition) is 6. The molecule has 1 heterocycles. The second-order valence-corrected chi connectivity index (χ2v) is 6.66. The molecule has 4 aromatic rings. The number of aromatic nitrogens is 2. The molecular formula is C23H21N3O4. The van der Waals surface area contributed by atoms with Crippen molar-refractivity contribution in [1.29, 1.82) is 0 Å². The second kappa shape index (κ2) is 8.65. The van der Waals surface area contributed by atoms with Gasteiger partial charge < -0.3 is 19.3 Å². The average Bonchev–Trinajstić information content (AvgIpc) is 3.26. The van der Waals surface area contributed by atoms with E-state index < -0.39 is 0 Å². The first kappa shape index (κ1) is 19.4. The first-order valence-electron chi connectivity index (χ1n) is 9.50. The lowest BCUT2D eigenvalue weighted by molar-refractivity contribution is -0.116. The molecule has 0 fully saturated rings. The fourth-order valence-electron chi connectivity index (χ4n) is 3.24. The Morgan fingerprint density at radius 3 is 2.63 bits per heavy atom. The van der Waals surface area contributed by atoms with Gasteiger partial charge in [0.1, 0.15) is 0 Å².